The van der Waals surface area contributed by atoms with E-state index in [9.17, 15) is 14.9 Å². The fourth-order valence-corrected chi connectivity index (χ4v) is 3.27. The first kappa shape index (κ1) is 22.2. The SMILES string of the molecule is CCOc1cc(C(=O)NCC(C)(C)c2ccc3c(c2)OCCO3)c([N+](=O)[O-])cc1OC. The van der Waals surface area contributed by atoms with E-state index in [2.05, 4.69) is 5.32 Å². The van der Waals surface area contributed by atoms with Gasteiger partial charge in [-0.2, -0.15) is 0 Å². The molecule has 2 aromatic rings. The number of nitro benzene ring substituents is 1. The molecular weight excluding hydrogens is 404 g/mol. The zero-order valence-electron chi connectivity index (χ0n) is 18.0. The molecule has 1 N–H and O–H groups in total. The van der Waals surface area contributed by atoms with Crippen LogP contribution in [-0.4, -0.2) is 44.3 Å². The summed E-state index contributed by atoms with van der Waals surface area (Å²) in [6.07, 6.45) is 0. The van der Waals surface area contributed by atoms with Gasteiger partial charge in [0.15, 0.2) is 23.0 Å². The number of carbonyl (C=O) groups excluding carboxylic acids is 1. The Kier molecular flexibility index (Phi) is 6.53. The topological polar surface area (TPSA) is 109 Å². The summed E-state index contributed by atoms with van der Waals surface area (Å²) in [5, 5.41) is 14.3. The van der Waals surface area contributed by atoms with E-state index in [4.69, 9.17) is 18.9 Å². The third-order valence-electron chi connectivity index (χ3n) is 5.04. The standard InChI is InChI=1S/C22H26N2O7/c1-5-29-20-11-15(16(24(26)27)12-18(20)28-4)21(25)23-13-22(2,3)14-6-7-17-19(10-14)31-9-8-30-17/h6-7,10-12H,5,8-9,13H2,1-4H3,(H,23,25). The van der Waals surface area contributed by atoms with Crippen molar-refractivity contribution < 1.29 is 28.7 Å². The monoisotopic (exact) mass is 430 g/mol. The van der Waals surface area contributed by atoms with Crippen molar-refractivity contribution in [1.82, 2.24) is 5.32 Å². The normalized spacial score (nSPS) is 12.8. The minimum absolute atomic E-state index is 0.0905. The number of nitrogens with one attached hydrogen (secondary N) is 1. The highest BCUT2D eigenvalue weighted by Gasteiger charge is 2.28. The van der Waals surface area contributed by atoms with Gasteiger partial charge >= 0.3 is 0 Å². The van der Waals surface area contributed by atoms with Crippen molar-refractivity contribution in [2.45, 2.75) is 26.2 Å². The summed E-state index contributed by atoms with van der Waals surface area (Å²) in [4.78, 5) is 23.8. The lowest BCUT2D eigenvalue weighted by Crippen LogP contribution is -2.37. The maximum absolute atomic E-state index is 12.9. The molecule has 0 bridgehead atoms. The molecule has 0 aliphatic carbocycles. The van der Waals surface area contributed by atoms with Crippen LogP contribution < -0.4 is 24.3 Å². The quantitative estimate of drug-likeness (QED) is 0.504. The second-order valence-electron chi connectivity index (χ2n) is 7.64. The smallest absolute Gasteiger partial charge is 0.286 e. The molecule has 166 valence electrons. The molecule has 1 aliphatic rings. The molecule has 31 heavy (non-hydrogen) atoms. The number of amides is 1. The molecule has 0 spiro atoms. The van der Waals surface area contributed by atoms with E-state index in [1.165, 1.54) is 19.2 Å². The summed E-state index contributed by atoms with van der Waals surface area (Å²) in [5.74, 6) is 1.25. The van der Waals surface area contributed by atoms with Crippen LogP contribution in [0, 0.1) is 10.1 Å². The van der Waals surface area contributed by atoms with E-state index in [0.29, 0.717) is 31.3 Å². The van der Waals surface area contributed by atoms with E-state index >= 15 is 0 Å². The van der Waals surface area contributed by atoms with Gasteiger partial charge in [0.05, 0.1) is 24.7 Å². The molecule has 0 aromatic heterocycles. The highest BCUT2D eigenvalue weighted by atomic mass is 16.6. The van der Waals surface area contributed by atoms with Gasteiger partial charge < -0.3 is 24.3 Å². The van der Waals surface area contributed by atoms with Gasteiger partial charge in [0, 0.05) is 18.0 Å². The molecule has 3 rings (SSSR count). The Hall–Kier alpha value is -3.49. The summed E-state index contributed by atoms with van der Waals surface area (Å²) in [5.41, 5.74) is 0.0358. The molecule has 9 heteroatoms. The predicted octanol–water partition coefficient (Wildman–Crippen LogP) is 3.48. The Bertz CT molecular complexity index is 988. The Labute approximate surface area is 180 Å². The first-order chi connectivity index (χ1) is 14.8. The van der Waals surface area contributed by atoms with Crippen LogP contribution in [0.1, 0.15) is 36.7 Å². The van der Waals surface area contributed by atoms with Crippen molar-refractivity contribution in [3.63, 3.8) is 0 Å². The largest absolute Gasteiger partial charge is 0.493 e. The first-order valence-corrected chi connectivity index (χ1v) is 9.94. The van der Waals surface area contributed by atoms with Crippen LogP contribution in [-0.2, 0) is 5.41 Å². The highest BCUT2D eigenvalue weighted by Crippen LogP contribution is 2.36. The van der Waals surface area contributed by atoms with Crippen LogP contribution >= 0.6 is 0 Å². The van der Waals surface area contributed by atoms with Gasteiger partial charge in [0.2, 0.25) is 0 Å². The molecule has 0 radical (unpaired) electrons. The van der Waals surface area contributed by atoms with Crippen molar-refractivity contribution in [3.05, 3.63) is 51.6 Å². The third-order valence-corrected chi connectivity index (χ3v) is 5.04. The molecule has 1 heterocycles. The Morgan fingerprint density at radius 2 is 1.87 bits per heavy atom. The van der Waals surface area contributed by atoms with E-state index < -0.39 is 16.2 Å². The van der Waals surface area contributed by atoms with Crippen molar-refractivity contribution in [2.75, 3.05) is 33.5 Å². The fourth-order valence-electron chi connectivity index (χ4n) is 3.27. The van der Waals surface area contributed by atoms with Gasteiger partial charge in [-0.25, -0.2) is 0 Å². The number of benzene rings is 2. The molecule has 0 unspecified atom stereocenters. The van der Waals surface area contributed by atoms with Crippen LogP contribution in [0.4, 0.5) is 5.69 Å². The van der Waals surface area contributed by atoms with E-state index in [1.807, 2.05) is 32.0 Å². The van der Waals surface area contributed by atoms with Gasteiger partial charge in [-0.05, 0) is 24.6 Å². The third kappa shape index (κ3) is 4.82. The lowest BCUT2D eigenvalue weighted by molar-refractivity contribution is -0.385. The van der Waals surface area contributed by atoms with Crippen molar-refractivity contribution in [1.29, 1.82) is 0 Å². The minimum atomic E-state index is -0.612. The first-order valence-electron chi connectivity index (χ1n) is 9.94. The van der Waals surface area contributed by atoms with Crippen LogP contribution in [0.2, 0.25) is 0 Å². The number of nitrogens with zero attached hydrogens (tertiary/aromatic N) is 1. The van der Waals surface area contributed by atoms with Crippen LogP contribution in [0.3, 0.4) is 0 Å². The van der Waals surface area contributed by atoms with E-state index in [-0.39, 0.29) is 29.3 Å². The van der Waals surface area contributed by atoms with Crippen molar-refractivity contribution in [3.8, 4) is 23.0 Å². The van der Waals surface area contributed by atoms with Gasteiger partial charge in [0.1, 0.15) is 18.8 Å². The van der Waals surface area contributed by atoms with Crippen molar-refractivity contribution >= 4 is 11.6 Å². The predicted molar refractivity (Wildman–Crippen MR) is 114 cm³/mol. The lowest BCUT2D eigenvalue weighted by Gasteiger charge is -2.28. The van der Waals surface area contributed by atoms with Gasteiger partial charge in [-0.3, -0.25) is 14.9 Å². The average molecular weight is 430 g/mol. The number of hydrogen-bond acceptors (Lipinski definition) is 7. The van der Waals surface area contributed by atoms with Gasteiger partial charge in [0.25, 0.3) is 11.6 Å². The Morgan fingerprint density at radius 3 is 2.52 bits per heavy atom. The second kappa shape index (κ2) is 9.11. The summed E-state index contributed by atoms with van der Waals surface area (Å²) >= 11 is 0. The van der Waals surface area contributed by atoms with Crippen LogP contribution in [0.5, 0.6) is 23.0 Å². The molecule has 0 saturated carbocycles. The number of methoxy groups -OCH3 is 1. The number of carbonyl (C=O) groups is 1. The molecule has 9 nitrogen and oxygen atoms in total. The molecule has 2 aromatic carbocycles. The van der Waals surface area contributed by atoms with Gasteiger partial charge in [-0.1, -0.05) is 19.9 Å². The molecule has 1 aliphatic heterocycles. The highest BCUT2D eigenvalue weighted by molar-refractivity contribution is 5.99. The van der Waals surface area contributed by atoms with Crippen molar-refractivity contribution in [2.24, 2.45) is 0 Å². The summed E-state index contributed by atoms with van der Waals surface area (Å²) in [6, 6.07) is 8.20. The number of ether oxygens (including phenoxy) is 4. The molecule has 1 amide bonds. The van der Waals surface area contributed by atoms with Crippen LogP contribution in [0.25, 0.3) is 0 Å². The van der Waals surface area contributed by atoms with E-state index in [1.54, 1.807) is 6.92 Å². The van der Waals surface area contributed by atoms with Gasteiger partial charge in [-0.15, -0.1) is 0 Å². The summed E-state index contributed by atoms with van der Waals surface area (Å²) in [7, 11) is 1.39. The number of fused-ring (bicyclic) bond motifs is 1. The Balaban J connectivity index is 1.82. The second-order valence-corrected chi connectivity index (χ2v) is 7.64. The maximum Gasteiger partial charge on any atom is 0.286 e. The summed E-state index contributed by atoms with van der Waals surface area (Å²) < 4.78 is 21.8. The molecule has 0 atom stereocenters. The average Bonchev–Trinajstić information content (AvgIpc) is 2.77. The number of hydrogen-bond donors (Lipinski definition) is 1. The maximum atomic E-state index is 12.9. The molecule has 0 saturated heterocycles. The number of rotatable bonds is 8. The summed E-state index contributed by atoms with van der Waals surface area (Å²) in [6.45, 7) is 7.27. The molecule has 0 fully saturated rings. The molecular formula is C22H26N2O7. The minimum Gasteiger partial charge on any atom is -0.493 e. The van der Waals surface area contributed by atoms with Crippen LogP contribution in [0.15, 0.2) is 30.3 Å². The lowest BCUT2D eigenvalue weighted by atomic mass is 9.84. The zero-order chi connectivity index (χ0) is 22.6. The zero-order valence-corrected chi connectivity index (χ0v) is 18.0. The fraction of sp³-hybridized carbons (Fsp3) is 0.409. The number of nitro groups is 1. The Morgan fingerprint density at radius 1 is 1.16 bits per heavy atom. The van der Waals surface area contributed by atoms with E-state index in [0.717, 1.165) is 5.56 Å².